The average molecular weight is 450 g/mol. The largest absolute Gasteiger partial charge is 0.493 e. The molecule has 0 atom stereocenters. The van der Waals surface area contributed by atoms with E-state index < -0.39 is 0 Å². The lowest BCUT2D eigenvalue weighted by atomic mass is 9.97. The SMILES string of the molecule is COc1ccc(CC(=O)Nc2cccc3c(=O)n(CC4CCN(C)CC4)ccc23)cc1OC. The number of hydrogen-bond acceptors (Lipinski definition) is 5. The zero-order valence-corrected chi connectivity index (χ0v) is 19.5. The molecule has 0 unspecified atom stereocenters. The van der Waals surface area contributed by atoms with Crippen LogP contribution in [-0.2, 0) is 17.8 Å². The van der Waals surface area contributed by atoms with Crippen LogP contribution < -0.4 is 20.3 Å². The molecule has 4 rings (SSSR count). The van der Waals surface area contributed by atoms with Crippen LogP contribution >= 0.6 is 0 Å². The van der Waals surface area contributed by atoms with E-state index in [1.54, 1.807) is 26.4 Å². The molecule has 7 nitrogen and oxygen atoms in total. The van der Waals surface area contributed by atoms with Gasteiger partial charge in [-0.1, -0.05) is 12.1 Å². The quantitative estimate of drug-likeness (QED) is 0.597. The summed E-state index contributed by atoms with van der Waals surface area (Å²) in [7, 11) is 5.28. The van der Waals surface area contributed by atoms with Crippen LogP contribution in [0, 0.1) is 5.92 Å². The van der Waals surface area contributed by atoms with Crippen molar-refractivity contribution in [1.82, 2.24) is 9.47 Å². The number of benzene rings is 2. The zero-order valence-electron chi connectivity index (χ0n) is 19.5. The lowest BCUT2D eigenvalue weighted by Gasteiger charge is -2.29. The van der Waals surface area contributed by atoms with Gasteiger partial charge in [0.25, 0.3) is 5.56 Å². The van der Waals surface area contributed by atoms with Crippen molar-refractivity contribution in [1.29, 1.82) is 0 Å². The number of anilines is 1. The second-order valence-electron chi connectivity index (χ2n) is 8.70. The van der Waals surface area contributed by atoms with Gasteiger partial charge in [0.05, 0.1) is 20.6 Å². The number of carbonyl (C=O) groups excluding carboxylic acids is 1. The number of piperidine rings is 1. The Bertz CT molecular complexity index is 1200. The van der Waals surface area contributed by atoms with E-state index in [0.29, 0.717) is 28.5 Å². The van der Waals surface area contributed by atoms with Crippen LogP contribution in [0.4, 0.5) is 5.69 Å². The van der Waals surface area contributed by atoms with E-state index in [-0.39, 0.29) is 17.9 Å². The predicted molar refractivity (Wildman–Crippen MR) is 130 cm³/mol. The van der Waals surface area contributed by atoms with Gasteiger partial charge in [0, 0.05) is 29.2 Å². The second-order valence-corrected chi connectivity index (χ2v) is 8.70. The predicted octanol–water partition coefficient (Wildman–Crippen LogP) is 3.54. The third-order valence-electron chi connectivity index (χ3n) is 6.40. The lowest BCUT2D eigenvalue weighted by Crippen LogP contribution is -2.33. The van der Waals surface area contributed by atoms with Crippen molar-refractivity contribution < 1.29 is 14.3 Å². The maximum atomic E-state index is 13.1. The molecule has 0 saturated carbocycles. The van der Waals surface area contributed by atoms with Crippen LogP contribution in [0.5, 0.6) is 11.5 Å². The van der Waals surface area contributed by atoms with Crippen molar-refractivity contribution in [2.45, 2.75) is 25.8 Å². The van der Waals surface area contributed by atoms with Gasteiger partial charge in [0.1, 0.15) is 0 Å². The molecular formula is C26H31N3O4. The topological polar surface area (TPSA) is 72.8 Å². The maximum absolute atomic E-state index is 13.1. The summed E-state index contributed by atoms with van der Waals surface area (Å²) in [5.41, 5.74) is 1.44. The number of hydrogen-bond donors (Lipinski definition) is 1. The average Bonchev–Trinajstić information content (AvgIpc) is 2.82. The fourth-order valence-electron chi connectivity index (χ4n) is 4.46. The monoisotopic (exact) mass is 449 g/mol. The molecule has 1 aliphatic heterocycles. The number of fused-ring (bicyclic) bond motifs is 1. The van der Waals surface area contributed by atoms with Crippen molar-refractivity contribution in [3.63, 3.8) is 0 Å². The van der Waals surface area contributed by atoms with Crippen molar-refractivity contribution >= 4 is 22.4 Å². The van der Waals surface area contributed by atoms with Gasteiger partial charge < -0.3 is 24.3 Å². The van der Waals surface area contributed by atoms with Gasteiger partial charge in [-0.05, 0) is 74.8 Å². The molecule has 2 aromatic carbocycles. The summed E-state index contributed by atoms with van der Waals surface area (Å²) in [4.78, 5) is 28.2. The van der Waals surface area contributed by atoms with Crippen molar-refractivity contribution in [3.05, 3.63) is 64.6 Å². The van der Waals surface area contributed by atoms with Crippen molar-refractivity contribution in [2.24, 2.45) is 5.92 Å². The van der Waals surface area contributed by atoms with Gasteiger partial charge in [0.15, 0.2) is 11.5 Å². The molecule has 1 aromatic heterocycles. The number of methoxy groups -OCH3 is 2. The molecule has 1 fully saturated rings. The maximum Gasteiger partial charge on any atom is 0.258 e. The van der Waals surface area contributed by atoms with Crippen LogP contribution in [0.25, 0.3) is 10.8 Å². The standard InChI is InChI=1S/C26H31N3O4/c1-28-12-9-18(10-13-28)17-29-14-11-20-21(26(29)31)5-4-6-22(20)27-25(30)16-19-7-8-23(32-2)24(15-19)33-3/h4-8,11,14-15,18H,9-10,12-13,16-17H2,1-3H3,(H,27,30). The minimum atomic E-state index is -0.162. The summed E-state index contributed by atoms with van der Waals surface area (Å²) in [6, 6.07) is 12.8. The molecular weight excluding hydrogens is 418 g/mol. The first-order chi connectivity index (χ1) is 16.0. The first kappa shape index (κ1) is 22.9. The Labute approximate surface area is 193 Å². The molecule has 1 N–H and O–H groups in total. The van der Waals surface area contributed by atoms with Crippen molar-refractivity contribution in [2.75, 3.05) is 39.7 Å². The number of rotatable bonds is 7. The van der Waals surface area contributed by atoms with E-state index in [9.17, 15) is 9.59 Å². The number of amides is 1. The molecule has 174 valence electrons. The lowest BCUT2D eigenvalue weighted by molar-refractivity contribution is -0.115. The molecule has 0 radical (unpaired) electrons. The van der Waals surface area contributed by atoms with E-state index in [4.69, 9.17) is 9.47 Å². The summed E-state index contributed by atoms with van der Waals surface area (Å²) in [5.74, 6) is 1.55. The Balaban J connectivity index is 1.51. The molecule has 1 aliphatic rings. The highest BCUT2D eigenvalue weighted by atomic mass is 16.5. The van der Waals surface area contributed by atoms with Gasteiger partial charge in [-0.3, -0.25) is 9.59 Å². The number of carbonyl (C=O) groups is 1. The number of likely N-dealkylation sites (tertiary alicyclic amines) is 1. The highest BCUT2D eigenvalue weighted by Crippen LogP contribution is 2.28. The summed E-state index contributed by atoms with van der Waals surface area (Å²) in [5, 5.41) is 4.34. The third-order valence-corrected chi connectivity index (χ3v) is 6.40. The smallest absolute Gasteiger partial charge is 0.258 e. The van der Waals surface area contributed by atoms with Gasteiger partial charge in [-0.25, -0.2) is 0 Å². The molecule has 1 saturated heterocycles. The highest BCUT2D eigenvalue weighted by Gasteiger charge is 2.18. The molecule has 7 heteroatoms. The van der Waals surface area contributed by atoms with Crippen molar-refractivity contribution in [3.8, 4) is 11.5 Å². The summed E-state index contributed by atoms with van der Waals surface area (Å²) < 4.78 is 12.4. The number of pyridine rings is 1. The second kappa shape index (κ2) is 10.1. The van der Waals surface area contributed by atoms with Gasteiger partial charge in [-0.15, -0.1) is 0 Å². The summed E-state index contributed by atoms with van der Waals surface area (Å²) in [6.07, 6.45) is 4.25. The number of aromatic nitrogens is 1. The van der Waals surface area contributed by atoms with Gasteiger partial charge in [0.2, 0.25) is 5.91 Å². The van der Waals surface area contributed by atoms with E-state index >= 15 is 0 Å². The molecule has 33 heavy (non-hydrogen) atoms. The number of ether oxygens (including phenoxy) is 2. The molecule has 0 spiro atoms. The first-order valence-electron chi connectivity index (χ1n) is 11.3. The molecule has 2 heterocycles. The number of nitrogens with one attached hydrogen (secondary N) is 1. The fourth-order valence-corrected chi connectivity index (χ4v) is 4.46. The molecule has 1 amide bonds. The molecule has 3 aromatic rings. The Morgan fingerprint density at radius 3 is 2.52 bits per heavy atom. The van der Waals surface area contributed by atoms with Gasteiger partial charge >= 0.3 is 0 Å². The third kappa shape index (κ3) is 5.20. The minimum absolute atomic E-state index is 0.0117. The van der Waals surface area contributed by atoms with Crippen LogP contribution in [0.3, 0.4) is 0 Å². The van der Waals surface area contributed by atoms with E-state index in [1.165, 1.54) is 0 Å². The van der Waals surface area contributed by atoms with Gasteiger partial charge in [-0.2, -0.15) is 0 Å². The first-order valence-corrected chi connectivity index (χ1v) is 11.3. The Morgan fingerprint density at radius 1 is 1.03 bits per heavy atom. The Morgan fingerprint density at radius 2 is 1.79 bits per heavy atom. The Hall–Kier alpha value is -3.32. The minimum Gasteiger partial charge on any atom is -0.493 e. The molecule has 0 bridgehead atoms. The summed E-state index contributed by atoms with van der Waals surface area (Å²) in [6.45, 7) is 2.88. The number of nitrogens with zero attached hydrogens (tertiary/aromatic N) is 2. The van der Waals surface area contributed by atoms with Crippen LogP contribution in [0.1, 0.15) is 18.4 Å². The highest BCUT2D eigenvalue weighted by molar-refractivity contribution is 6.02. The molecule has 0 aliphatic carbocycles. The van der Waals surface area contributed by atoms with E-state index in [2.05, 4.69) is 17.3 Å². The van der Waals surface area contributed by atoms with E-state index in [0.717, 1.165) is 43.4 Å². The van der Waals surface area contributed by atoms with Crippen LogP contribution in [-0.4, -0.2) is 49.7 Å². The summed E-state index contributed by atoms with van der Waals surface area (Å²) >= 11 is 0. The van der Waals surface area contributed by atoms with E-state index in [1.807, 2.05) is 41.1 Å². The van der Waals surface area contributed by atoms with Crippen LogP contribution in [0.15, 0.2) is 53.5 Å². The normalized spacial score (nSPS) is 14.9. The fraction of sp³-hybridized carbons (Fsp3) is 0.385. The zero-order chi connectivity index (χ0) is 23.4. The van der Waals surface area contributed by atoms with Crippen LogP contribution in [0.2, 0.25) is 0 Å². The Kier molecular flexibility index (Phi) is 6.99.